The fraction of sp³-hybridized carbons (Fsp3) is 0.611. The van der Waals surface area contributed by atoms with Crippen molar-refractivity contribution in [1.29, 1.82) is 0 Å². The van der Waals surface area contributed by atoms with Gasteiger partial charge in [-0.1, -0.05) is 49.6 Å². The Morgan fingerprint density at radius 3 is 2.90 bits per heavy atom. The van der Waals surface area contributed by atoms with Crippen LogP contribution in [0.2, 0.25) is 0 Å². The van der Waals surface area contributed by atoms with Gasteiger partial charge in [0, 0.05) is 18.5 Å². The molecule has 20 heavy (non-hydrogen) atoms. The molecule has 0 N–H and O–H groups in total. The summed E-state index contributed by atoms with van der Waals surface area (Å²) < 4.78 is 0. The summed E-state index contributed by atoms with van der Waals surface area (Å²) in [7, 11) is 2.13. The number of aldehydes is 1. The fourth-order valence-electron chi connectivity index (χ4n) is 3.70. The topological polar surface area (TPSA) is 20.3 Å². The normalized spacial score (nSPS) is 26.7. The second-order valence-electron chi connectivity index (χ2n) is 6.84. The zero-order valence-corrected chi connectivity index (χ0v) is 13.1. The molecule has 0 amide bonds. The zero-order valence-electron chi connectivity index (χ0n) is 13.1. The number of hydrogen-bond acceptors (Lipinski definition) is 2. The van der Waals surface area contributed by atoms with Crippen molar-refractivity contribution in [3.8, 4) is 0 Å². The number of benzene rings is 1. The van der Waals surface area contributed by atoms with Gasteiger partial charge in [0.1, 0.15) is 6.29 Å². The van der Waals surface area contributed by atoms with E-state index in [0.29, 0.717) is 5.92 Å². The van der Waals surface area contributed by atoms with E-state index >= 15 is 0 Å². The molecule has 110 valence electrons. The van der Waals surface area contributed by atoms with Crippen molar-refractivity contribution in [2.45, 2.75) is 46.1 Å². The monoisotopic (exact) mass is 273 g/mol. The maximum Gasteiger partial charge on any atom is 0.127 e. The molecular weight excluding hydrogens is 246 g/mol. The first-order chi connectivity index (χ1) is 9.53. The molecule has 1 saturated carbocycles. The SMILES string of the molecule is Cc1cccc(CN(C)CC2(C=O)CCCC(C)C2)c1. The van der Waals surface area contributed by atoms with Crippen LogP contribution in [0.5, 0.6) is 0 Å². The summed E-state index contributed by atoms with van der Waals surface area (Å²) in [5.74, 6) is 0.682. The Kier molecular flexibility index (Phi) is 4.98. The van der Waals surface area contributed by atoms with E-state index in [4.69, 9.17) is 0 Å². The van der Waals surface area contributed by atoms with Crippen LogP contribution in [0.15, 0.2) is 24.3 Å². The van der Waals surface area contributed by atoms with Crippen LogP contribution in [-0.4, -0.2) is 24.8 Å². The lowest BCUT2D eigenvalue weighted by molar-refractivity contribution is -0.119. The van der Waals surface area contributed by atoms with Crippen molar-refractivity contribution in [1.82, 2.24) is 4.90 Å². The van der Waals surface area contributed by atoms with E-state index < -0.39 is 0 Å². The van der Waals surface area contributed by atoms with Crippen LogP contribution in [-0.2, 0) is 11.3 Å². The lowest BCUT2D eigenvalue weighted by Gasteiger charge is -2.38. The van der Waals surface area contributed by atoms with Gasteiger partial charge in [0.05, 0.1) is 0 Å². The highest BCUT2D eigenvalue weighted by Gasteiger charge is 2.35. The second kappa shape index (κ2) is 6.53. The van der Waals surface area contributed by atoms with Gasteiger partial charge in [-0.2, -0.15) is 0 Å². The van der Waals surface area contributed by atoms with Gasteiger partial charge in [0.15, 0.2) is 0 Å². The highest BCUT2D eigenvalue weighted by atomic mass is 16.1. The molecule has 2 atom stereocenters. The van der Waals surface area contributed by atoms with Crippen LogP contribution in [0.25, 0.3) is 0 Å². The summed E-state index contributed by atoms with van der Waals surface area (Å²) in [6.45, 7) is 6.21. The van der Waals surface area contributed by atoms with Gasteiger partial charge < -0.3 is 9.69 Å². The fourth-order valence-corrected chi connectivity index (χ4v) is 3.70. The molecule has 1 aromatic carbocycles. The van der Waals surface area contributed by atoms with Crippen molar-refractivity contribution in [2.75, 3.05) is 13.6 Å². The summed E-state index contributed by atoms with van der Waals surface area (Å²) in [5.41, 5.74) is 2.51. The first kappa shape index (κ1) is 15.2. The molecule has 0 saturated heterocycles. The van der Waals surface area contributed by atoms with Crippen LogP contribution >= 0.6 is 0 Å². The number of carbonyl (C=O) groups excluding carboxylic acids is 1. The molecule has 0 bridgehead atoms. The lowest BCUT2D eigenvalue weighted by Crippen LogP contribution is -2.40. The number of aryl methyl sites for hydroxylation is 1. The summed E-state index contributed by atoms with van der Waals surface area (Å²) in [6.07, 6.45) is 5.80. The van der Waals surface area contributed by atoms with Crippen molar-refractivity contribution in [2.24, 2.45) is 11.3 Å². The van der Waals surface area contributed by atoms with Gasteiger partial charge in [-0.25, -0.2) is 0 Å². The average Bonchev–Trinajstić information content (AvgIpc) is 2.38. The third-order valence-electron chi connectivity index (χ3n) is 4.50. The van der Waals surface area contributed by atoms with Gasteiger partial charge in [-0.15, -0.1) is 0 Å². The molecule has 1 aliphatic carbocycles. The van der Waals surface area contributed by atoms with Crippen LogP contribution in [0.4, 0.5) is 0 Å². The minimum Gasteiger partial charge on any atom is -0.303 e. The molecule has 2 heteroatoms. The summed E-state index contributed by atoms with van der Waals surface area (Å²) >= 11 is 0. The van der Waals surface area contributed by atoms with E-state index in [0.717, 1.165) is 25.9 Å². The highest BCUT2D eigenvalue weighted by Crippen LogP contribution is 2.38. The molecular formula is C18H27NO. The van der Waals surface area contributed by atoms with E-state index in [1.165, 1.54) is 30.3 Å². The molecule has 2 unspecified atom stereocenters. The molecule has 0 heterocycles. The second-order valence-corrected chi connectivity index (χ2v) is 6.84. The maximum atomic E-state index is 11.6. The molecule has 0 spiro atoms. The first-order valence-corrected chi connectivity index (χ1v) is 7.73. The van der Waals surface area contributed by atoms with Crippen LogP contribution < -0.4 is 0 Å². The maximum absolute atomic E-state index is 11.6. The Bertz CT molecular complexity index is 456. The summed E-state index contributed by atoms with van der Waals surface area (Å²) in [6, 6.07) is 8.63. The van der Waals surface area contributed by atoms with Crippen LogP contribution in [0.3, 0.4) is 0 Å². The quantitative estimate of drug-likeness (QED) is 0.760. The van der Waals surface area contributed by atoms with Crippen LogP contribution in [0.1, 0.15) is 43.7 Å². The number of rotatable bonds is 5. The van der Waals surface area contributed by atoms with E-state index in [1.807, 2.05) is 0 Å². The van der Waals surface area contributed by atoms with E-state index in [2.05, 4.69) is 50.1 Å². The van der Waals surface area contributed by atoms with Crippen molar-refractivity contribution < 1.29 is 4.79 Å². The predicted octanol–water partition coefficient (Wildman–Crippen LogP) is 3.82. The Morgan fingerprint density at radius 2 is 2.25 bits per heavy atom. The molecule has 2 nitrogen and oxygen atoms in total. The minimum atomic E-state index is -0.115. The molecule has 2 rings (SSSR count). The highest BCUT2D eigenvalue weighted by molar-refractivity contribution is 5.60. The zero-order chi connectivity index (χ0) is 14.6. The molecule has 0 aliphatic heterocycles. The smallest absolute Gasteiger partial charge is 0.127 e. The van der Waals surface area contributed by atoms with Gasteiger partial charge in [0.25, 0.3) is 0 Å². The Morgan fingerprint density at radius 1 is 1.45 bits per heavy atom. The van der Waals surface area contributed by atoms with Crippen molar-refractivity contribution >= 4 is 6.29 Å². The third kappa shape index (κ3) is 3.92. The van der Waals surface area contributed by atoms with Gasteiger partial charge in [0.2, 0.25) is 0 Å². The van der Waals surface area contributed by atoms with E-state index in [9.17, 15) is 4.79 Å². The predicted molar refractivity (Wildman–Crippen MR) is 83.6 cm³/mol. The standard InChI is InChI=1S/C18H27NO/c1-15-6-4-8-17(10-15)12-19(3)13-18(14-20)9-5-7-16(2)11-18/h4,6,8,10,14,16H,5,7,9,11-13H2,1-3H3. The molecule has 0 radical (unpaired) electrons. The van der Waals surface area contributed by atoms with Crippen molar-refractivity contribution in [3.05, 3.63) is 35.4 Å². The number of nitrogens with zero attached hydrogens (tertiary/aromatic N) is 1. The molecule has 1 aliphatic rings. The summed E-state index contributed by atoms with van der Waals surface area (Å²) in [4.78, 5) is 13.9. The molecule has 1 fully saturated rings. The third-order valence-corrected chi connectivity index (χ3v) is 4.50. The Balaban J connectivity index is 1.98. The lowest BCUT2D eigenvalue weighted by atomic mass is 9.70. The minimum absolute atomic E-state index is 0.115. The van der Waals surface area contributed by atoms with Crippen LogP contribution in [0, 0.1) is 18.3 Å². The Labute approximate surface area is 123 Å². The molecule has 0 aromatic heterocycles. The first-order valence-electron chi connectivity index (χ1n) is 7.73. The van der Waals surface area contributed by atoms with Crippen molar-refractivity contribution in [3.63, 3.8) is 0 Å². The largest absolute Gasteiger partial charge is 0.303 e. The Hall–Kier alpha value is -1.15. The van der Waals surface area contributed by atoms with E-state index in [1.54, 1.807) is 0 Å². The van der Waals surface area contributed by atoms with E-state index in [-0.39, 0.29) is 5.41 Å². The number of carbonyl (C=O) groups is 1. The van der Waals surface area contributed by atoms with Gasteiger partial charge in [-0.05, 0) is 38.3 Å². The number of hydrogen-bond donors (Lipinski definition) is 0. The molecule has 1 aromatic rings. The van der Waals surface area contributed by atoms with Gasteiger partial charge >= 0.3 is 0 Å². The average molecular weight is 273 g/mol. The van der Waals surface area contributed by atoms with Gasteiger partial charge in [-0.3, -0.25) is 0 Å². The summed E-state index contributed by atoms with van der Waals surface area (Å²) in [5, 5.41) is 0.